The summed E-state index contributed by atoms with van der Waals surface area (Å²) >= 11 is 2.27. The number of halogens is 1. The predicted octanol–water partition coefficient (Wildman–Crippen LogP) is 3.03. The first-order valence-corrected chi connectivity index (χ1v) is 5.99. The fraction of sp³-hybridized carbons (Fsp3) is 0. The van der Waals surface area contributed by atoms with Gasteiger partial charge in [0.2, 0.25) is 0 Å². The number of hydrogen-bond donors (Lipinski definition) is 0. The Balaban J connectivity index is 2.19. The summed E-state index contributed by atoms with van der Waals surface area (Å²) in [5.74, 6) is 0. The second-order valence-electron chi connectivity index (χ2n) is 3.46. The van der Waals surface area contributed by atoms with Crippen LogP contribution in [0.3, 0.4) is 0 Å². The topological polar surface area (TPSA) is 30.7 Å². The van der Waals surface area contributed by atoms with Crippen LogP contribution in [0.25, 0.3) is 16.7 Å². The fourth-order valence-electron chi connectivity index (χ4n) is 1.56. The SMILES string of the molecule is Ic1ccc2nn(-c3ccccc3)nc2c1. The molecule has 3 aromatic rings. The van der Waals surface area contributed by atoms with Crippen molar-refractivity contribution in [2.75, 3.05) is 0 Å². The minimum Gasteiger partial charge on any atom is -0.150 e. The molecule has 1 heterocycles. The third kappa shape index (κ3) is 1.69. The van der Waals surface area contributed by atoms with Crippen LogP contribution in [-0.4, -0.2) is 15.0 Å². The van der Waals surface area contributed by atoms with Crippen LogP contribution >= 0.6 is 22.6 Å². The Bertz CT molecular complexity index is 631. The number of benzene rings is 2. The van der Waals surface area contributed by atoms with Gasteiger partial charge < -0.3 is 0 Å². The Morgan fingerprint density at radius 2 is 1.62 bits per heavy atom. The second kappa shape index (κ2) is 3.86. The quantitative estimate of drug-likeness (QED) is 0.645. The van der Waals surface area contributed by atoms with Crippen molar-refractivity contribution >= 4 is 33.6 Å². The van der Waals surface area contributed by atoms with Crippen LogP contribution in [0.15, 0.2) is 48.5 Å². The molecule has 1 aromatic heterocycles. The largest absolute Gasteiger partial charge is 0.150 e. The van der Waals surface area contributed by atoms with Crippen LogP contribution < -0.4 is 0 Å². The molecular weight excluding hydrogens is 313 g/mol. The van der Waals surface area contributed by atoms with Crippen LogP contribution in [0, 0.1) is 3.57 Å². The predicted molar refractivity (Wildman–Crippen MR) is 71.6 cm³/mol. The molecule has 0 saturated carbocycles. The van der Waals surface area contributed by atoms with Crippen LogP contribution in [0.2, 0.25) is 0 Å². The van der Waals surface area contributed by atoms with Crippen molar-refractivity contribution in [2.24, 2.45) is 0 Å². The van der Waals surface area contributed by atoms with E-state index in [1.165, 1.54) is 3.57 Å². The highest BCUT2D eigenvalue weighted by atomic mass is 127. The molecule has 0 bridgehead atoms. The van der Waals surface area contributed by atoms with E-state index >= 15 is 0 Å². The Kier molecular flexibility index (Phi) is 2.36. The molecule has 0 aliphatic rings. The molecule has 16 heavy (non-hydrogen) atoms. The number of para-hydroxylation sites is 1. The zero-order valence-electron chi connectivity index (χ0n) is 8.34. The van der Waals surface area contributed by atoms with Gasteiger partial charge in [0.1, 0.15) is 11.0 Å². The van der Waals surface area contributed by atoms with E-state index in [1.54, 1.807) is 4.80 Å². The molecule has 0 aliphatic heterocycles. The first kappa shape index (κ1) is 9.77. The van der Waals surface area contributed by atoms with Gasteiger partial charge in [-0.05, 0) is 52.9 Å². The van der Waals surface area contributed by atoms with Gasteiger partial charge in [-0.3, -0.25) is 0 Å². The second-order valence-corrected chi connectivity index (χ2v) is 4.70. The van der Waals surface area contributed by atoms with Gasteiger partial charge in [-0.2, -0.15) is 4.80 Å². The van der Waals surface area contributed by atoms with Gasteiger partial charge in [0.25, 0.3) is 0 Å². The molecule has 0 unspecified atom stereocenters. The molecule has 0 spiro atoms. The van der Waals surface area contributed by atoms with Crippen molar-refractivity contribution < 1.29 is 0 Å². The number of aromatic nitrogens is 3. The van der Waals surface area contributed by atoms with E-state index < -0.39 is 0 Å². The van der Waals surface area contributed by atoms with Crippen molar-refractivity contribution in [1.82, 2.24) is 15.0 Å². The Morgan fingerprint density at radius 1 is 0.875 bits per heavy atom. The molecule has 2 aromatic carbocycles. The molecule has 0 aliphatic carbocycles. The summed E-state index contributed by atoms with van der Waals surface area (Å²) in [6, 6.07) is 16.0. The summed E-state index contributed by atoms with van der Waals surface area (Å²) in [5, 5.41) is 8.87. The van der Waals surface area contributed by atoms with Crippen molar-refractivity contribution in [2.45, 2.75) is 0 Å². The van der Waals surface area contributed by atoms with Crippen molar-refractivity contribution in [3.63, 3.8) is 0 Å². The van der Waals surface area contributed by atoms with Gasteiger partial charge in [-0.25, -0.2) is 0 Å². The van der Waals surface area contributed by atoms with Gasteiger partial charge in [-0.15, -0.1) is 10.2 Å². The van der Waals surface area contributed by atoms with E-state index in [0.29, 0.717) is 0 Å². The lowest BCUT2D eigenvalue weighted by Crippen LogP contribution is -1.97. The highest BCUT2D eigenvalue weighted by Gasteiger charge is 2.03. The van der Waals surface area contributed by atoms with Crippen LogP contribution in [0.1, 0.15) is 0 Å². The zero-order chi connectivity index (χ0) is 11.0. The molecule has 0 radical (unpaired) electrons. The molecule has 0 saturated heterocycles. The minimum atomic E-state index is 0.921. The number of hydrogen-bond acceptors (Lipinski definition) is 2. The highest BCUT2D eigenvalue weighted by Crippen LogP contribution is 2.15. The monoisotopic (exact) mass is 321 g/mol. The summed E-state index contributed by atoms with van der Waals surface area (Å²) in [4.78, 5) is 1.67. The minimum absolute atomic E-state index is 0.921. The first-order valence-electron chi connectivity index (χ1n) is 4.91. The molecular formula is C12H8IN3. The molecule has 4 heteroatoms. The lowest BCUT2D eigenvalue weighted by atomic mass is 10.3. The standard InChI is InChI=1S/C12H8IN3/c13-9-6-7-11-12(8-9)15-16(14-11)10-4-2-1-3-5-10/h1-8H. The van der Waals surface area contributed by atoms with E-state index in [0.717, 1.165) is 16.7 Å². The van der Waals surface area contributed by atoms with E-state index in [1.807, 2.05) is 48.5 Å². The molecule has 78 valence electrons. The summed E-state index contributed by atoms with van der Waals surface area (Å²) in [6.45, 7) is 0. The molecule has 0 amide bonds. The summed E-state index contributed by atoms with van der Waals surface area (Å²) in [5.41, 5.74) is 2.83. The molecule has 3 nitrogen and oxygen atoms in total. The lowest BCUT2D eigenvalue weighted by molar-refractivity contribution is 0.766. The third-order valence-corrected chi connectivity index (χ3v) is 3.00. The van der Waals surface area contributed by atoms with E-state index in [4.69, 9.17) is 0 Å². The van der Waals surface area contributed by atoms with E-state index in [-0.39, 0.29) is 0 Å². The molecule has 0 fully saturated rings. The highest BCUT2D eigenvalue weighted by molar-refractivity contribution is 14.1. The number of fused-ring (bicyclic) bond motifs is 1. The van der Waals surface area contributed by atoms with Gasteiger partial charge in [0, 0.05) is 3.57 Å². The summed E-state index contributed by atoms with van der Waals surface area (Å²) < 4.78 is 1.17. The Hall–Kier alpha value is -1.43. The third-order valence-electron chi connectivity index (χ3n) is 2.33. The van der Waals surface area contributed by atoms with Crippen molar-refractivity contribution in [1.29, 1.82) is 0 Å². The van der Waals surface area contributed by atoms with Gasteiger partial charge in [0.15, 0.2) is 0 Å². The molecule has 0 atom stereocenters. The van der Waals surface area contributed by atoms with Gasteiger partial charge in [-0.1, -0.05) is 18.2 Å². The average molecular weight is 321 g/mol. The summed E-state index contributed by atoms with van der Waals surface area (Å²) in [6.07, 6.45) is 0. The molecule has 3 rings (SSSR count). The number of nitrogens with zero attached hydrogens (tertiary/aromatic N) is 3. The maximum Gasteiger partial charge on any atom is 0.114 e. The average Bonchev–Trinajstić information content (AvgIpc) is 2.73. The molecule has 0 N–H and O–H groups in total. The van der Waals surface area contributed by atoms with Crippen molar-refractivity contribution in [3.8, 4) is 5.69 Å². The Labute approximate surface area is 106 Å². The summed E-state index contributed by atoms with van der Waals surface area (Å²) in [7, 11) is 0. The fourth-order valence-corrected chi connectivity index (χ4v) is 2.04. The van der Waals surface area contributed by atoms with Crippen molar-refractivity contribution in [3.05, 3.63) is 52.1 Å². The first-order chi connectivity index (χ1) is 7.83. The van der Waals surface area contributed by atoms with Gasteiger partial charge >= 0.3 is 0 Å². The lowest BCUT2D eigenvalue weighted by Gasteiger charge is -1.96. The van der Waals surface area contributed by atoms with Crippen LogP contribution in [-0.2, 0) is 0 Å². The van der Waals surface area contributed by atoms with Gasteiger partial charge in [0.05, 0.1) is 5.69 Å². The maximum absolute atomic E-state index is 4.44. The normalized spacial score (nSPS) is 10.8. The maximum atomic E-state index is 4.44. The zero-order valence-corrected chi connectivity index (χ0v) is 10.5. The number of rotatable bonds is 1. The van der Waals surface area contributed by atoms with Crippen LogP contribution in [0.4, 0.5) is 0 Å². The smallest absolute Gasteiger partial charge is 0.114 e. The van der Waals surface area contributed by atoms with E-state index in [2.05, 4.69) is 32.8 Å². The Morgan fingerprint density at radius 3 is 2.44 bits per heavy atom. The van der Waals surface area contributed by atoms with Crippen LogP contribution in [0.5, 0.6) is 0 Å². The van der Waals surface area contributed by atoms with E-state index in [9.17, 15) is 0 Å².